The lowest BCUT2D eigenvalue weighted by Gasteiger charge is -2.32. The molecule has 1 aliphatic rings. The number of halogens is 1. The molecule has 0 spiro atoms. The molecule has 40 heavy (non-hydrogen) atoms. The SMILES string of the molecule is COc1cccc([C@H]2O[C@H](Cc3nc(C=CC(=O)O)cs3)C(=O)N(CC(C)(C)CO)c3ccc(Cl)cc32)c1OC. The highest BCUT2D eigenvalue weighted by Gasteiger charge is 2.40. The number of fused-ring (bicyclic) bond motifs is 1. The highest BCUT2D eigenvalue weighted by molar-refractivity contribution is 7.09. The van der Waals surface area contributed by atoms with E-state index in [0.717, 1.165) is 6.08 Å². The third-order valence-corrected chi connectivity index (χ3v) is 7.59. The molecule has 1 aromatic heterocycles. The number of benzene rings is 2. The van der Waals surface area contributed by atoms with Crippen molar-refractivity contribution in [1.29, 1.82) is 0 Å². The maximum Gasteiger partial charge on any atom is 0.328 e. The Bertz CT molecular complexity index is 1420. The number of thiazole rings is 1. The quantitative estimate of drug-likeness (QED) is 0.319. The number of amides is 1. The summed E-state index contributed by atoms with van der Waals surface area (Å²) in [5.41, 5.74) is 1.78. The van der Waals surface area contributed by atoms with Crippen molar-refractivity contribution in [3.8, 4) is 11.5 Å². The zero-order chi connectivity index (χ0) is 29.0. The normalized spacial score (nSPS) is 17.6. The Balaban J connectivity index is 1.86. The predicted molar refractivity (Wildman–Crippen MR) is 153 cm³/mol. The van der Waals surface area contributed by atoms with Gasteiger partial charge in [0.05, 0.1) is 24.9 Å². The van der Waals surface area contributed by atoms with Crippen molar-refractivity contribution in [2.75, 3.05) is 32.3 Å². The second-order valence-electron chi connectivity index (χ2n) is 10.1. The van der Waals surface area contributed by atoms with Crippen LogP contribution in [-0.2, 0) is 20.7 Å². The van der Waals surface area contributed by atoms with Crippen molar-refractivity contribution in [2.24, 2.45) is 5.41 Å². The lowest BCUT2D eigenvalue weighted by atomic mass is 9.92. The first-order valence-electron chi connectivity index (χ1n) is 12.5. The predicted octanol–water partition coefficient (Wildman–Crippen LogP) is 4.99. The van der Waals surface area contributed by atoms with Gasteiger partial charge in [-0.25, -0.2) is 9.78 Å². The van der Waals surface area contributed by atoms with Gasteiger partial charge < -0.3 is 29.3 Å². The molecule has 212 valence electrons. The van der Waals surface area contributed by atoms with Crippen LogP contribution in [0.25, 0.3) is 6.08 Å². The van der Waals surface area contributed by atoms with Crippen LogP contribution in [0.5, 0.6) is 11.5 Å². The van der Waals surface area contributed by atoms with E-state index in [1.807, 2.05) is 26.0 Å². The van der Waals surface area contributed by atoms with Crippen LogP contribution < -0.4 is 14.4 Å². The molecule has 0 unspecified atom stereocenters. The van der Waals surface area contributed by atoms with Crippen molar-refractivity contribution in [3.63, 3.8) is 0 Å². The van der Waals surface area contributed by atoms with Gasteiger partial charge in [-0.1, -0.05) is 37.6 Å². The molecule has 2 atom stereocenters. The number of aliphatic hydroxyl groups excluding tert-OH is 1. The zero-order valence-electron chi connectivity index (χ0n) is 22.6. The summed E-state index contributed by atoms with van der Waals surface area (Å²) < 4.78 is 17.9. The van der Waals surface area contributed by atoms with Gasteiger partial charge in [0.2, 0.25) is 0 Å². The van der Waals surface area contributed by atoms with Gasteiger partial charge in [0.15, 0.2) is 11.5 Å². The Morgan fingerprint density at radius 1 is 1.23 bits per heavy atom. The average molecular weight is 587 g/mol. The molecule has 9 nitrogen and oxygen atoms in total. The fraction of sp³-hybridized carbons (Fsp3) is 0.345. The largest absolute Gasteiger partial charge is 0.493 e. The number of carbonyl (C=O) groups is 2. The van der Waals surface area contributed by atoms with Gasteiger partial charge in [-0.3, -0.25) is 4.79 Å². The number of hydrogen-bond acceptors (Lipinski definition) is 8. The van der Waals surface area contributed by atoms with Gasteiger partial charge in [-0.05, 0) is 30.3 Å². The maximum atomic E-state index is 14.2. The Kier molecular flexibility index (Phi) is 9.15. The van der Waals surface area contributed by atoms with E-state index < -0.39 is 23.6 Å². The molecule has 2 aromatic carbocycles. The van der Waals surface area contributed by atoms with Crippen molar-refractivity contribution in [3.05, 3.63) is 74.7 Å². The van der Waals surface area contributed by atoms with E-state index in [1.54, 1.807) is 41.7 Å². The molecule has 0 bridgehead atoms. The number of nitrogens with zero attached hydrogens (tertiary/aromatic N) is 2. The number of hydrogen-bond donors (Lipinski definition) is 2. The molecule has 0 fully saturated rings. The van der Waals surface area contributed by atoms with Gasteiger partial charge in [0, 0.05) is 58.3 Å². The molecule has 4 rings (SSSR count). The number of para-hydroxylation sites is 1. The molecule has 1 amide bonds. The number of aliphatic carboxylic acids is 1. The van der Waals surface area contributed by atoms with Crippen molar-refractivity contribution >= 4 is 46.6 Å². The summed E-state index contributed by atoms with van der Waals surface area (Å²) >= 11 is 7.78. The number of rotatable bonds is 10. The number of carbonyl (C=O) groups excluding carboxylic acids is 1. The van der Waals surface area contributed by atoms with E-state index in [1.165, 1.54) is 24.5 Å². The van der Waals surface area contributed by atoms with E-state index in [0.29, 0.717) is 44.0 Å². The van der Waals surface area contributed by atoms with Crippen molar-refractivity contribution in [1.82, 2.24) is 4.98 Å². The minimum Gasteiger partial charge on any atom is -0.493 e. The Morgan fingerprint density at radius 2 is 2.00 bits per heavy atom. The summed E-state index contributed by atoms with van der Waals surface area (Å²) in [7, 11) is 3.08. The third-order valence-electron chi connectivity index (χ3n) is 6.46. The molecular weight excluding hydrogens is 556 g/mol. The van der Waals surface area contributed by atoms with E-state index in [9.17, 15) is 14.7 Å². The van der Waals surface area contributed by atoms with Gasteiger partial charge in [-0.2, -0.15) is 0 Å². The Morgan fingerprint density at radius 3 is 2.67 bits per heavy atom. The highest BCUT2D eigenvalue weighted by Crippen LogP contribution is 2.45. The first-order valence-corrected chi connectivity index (χ1v) is 13.8. The van der Waals surface area contributed by atoms with E-state index in [2.05, 4.69) is 4.98 Å². The first-order chi connectivity index (χ1) is 19.1. The summed E-state index contributed by atoms with van der Waals surface area (Å²) in [5, 5.41) is 21.8. The molecule has 0 saturated heterocycles. The lowest BCUT2D eigenvalue weighted by Crippen LogP contribution is -2.45. The molecule has 3 aromatic rings. The standard InChI is InChI=1S/C29H31ClN2O7S/c1-29(2,16-33)15-32-21-10-8-17(30)12-20(21)26(19-6-5-7-22(37-3)27(19)38-4)39-23(28(32)36)13-24-31-18(14-40-24)9-11-25(34)35/h5-12,14,23,26,33H,13,15-16H2,1-4H3,(H,34,35)/t23-,26-/m1/s1. The van der Waals surface area contributed by atoms with Crippen LogP contribution in [0.1, 0.15) is 41.8 Å². The van der Waals surface area contributed by atoms with Crippen LogP contribution in [0.15, 0.2) is 47.9 Å². The number of aromatic nitrogens is 1. The summed E-state index contributed by atoms with van der Waals surface area (Å²) in [6.07, 6.45) is 0.822. The molecule has 0 aliphatic carbocycles. The number of aliphatic hydroxyl groups is 1. The number of anilines is 1. The molecule has 2 N–H and O–H groups in total. The minimum atomic E-state index is -1.08. The van der Waals surface area contributed by atoms with Crippen LogP contribution in [0, 0.1) is 5.41 Å². The monoisotopic (exact) mass is 586 g/mol. The van der Waals surface area contributed by atoms with Crippen LogP contribution >= 0.6 is 22.9 Å². The van der Waals surface area contributed by atoms with E-state index >= 15 is 0 Å². The fourth-order valence-electron chi connectivity index (χ4n) is 4.52. The molecular formula is C29H31ClN2O7S. The number of carboxylic acid groups (broad SMARTS) is 1. The first kappa shape index (κ1) is 29.5. The van der Waals surface area contributed by atoms with E-state index in [-0.39, 0.29) is 25.5 Å². The summed E-state index contributed by atoms with van der Waals surface area (Å²) in [5.74, 6) is -0.406. The van der Waals surface area contributed by atoms with Crippen LogP contribution in [0.2, 0.25) is 5.02 Å². The minimum absolute atomic E-state index is 0.135. The Hall–Kier alpha value is -3.44. The number of carboxylic acids is 1. The smallest absolute Gasteiger partial charge is 0.328 e. The molecule has 11 heteroatoms. The van der Waals surface area contributed by atoms with Crippen molar-refractivity contribution in [2.45, 2.75) is 32.5 Å². The maximum absolute atomic E-state index is 14.2. The van der Waals surface area contributed by atoms with Gasteiger partial charge in [0.1, 0.15) is 12.2 Å². The highest BCUT2D eigenvalue weighted by atomic mass is 35.5. The van der Waals surface area contributed by atoms with Gasteiger partial charge in [0.25, 0.3) is 5.91 Å². The summed E-state index contributed by atoms with van der Waals surface area (Å²) in [4.78, 5) is 31.2. The second-order valence-corrected chi connectivity index (χ2v) is 11.5. The van der Waals surface area contributed by atoms with Gasteiger partial charge >= 0.3 is 5.97 Å². The molecule has 0 radical (unpaired) electrons. The van der Waals surface area contributed by atoms with E-state index in [4.69, 9.17) is 30.9 Å². The van der Waals surface area contributed by atoms with Crippen molar-refractivity contribution < 1.29 is 34.0 Å². The number of methoxy groups -OCH3 is 2. The Labute approximate surface area is 241 Å². The summed E-state index contributed by atoms with van der Waals surface area (Å²) in [6.45, 7) is 3.84. The molecule has 2 heterocycles. The molecule has 1 aliphatic heterocycles. The lowest BCUT2D eigenvalue weighted by molar-refractivity contribution is -0.132. The van der Waals surface area contributed by atoms with Crippen LogP contribution in [-0.4, -0.2) is 60.5 Å². The van der Waals surface area contributed by atoms with Crippen LogP contribution in [0.3, 0.4) is 0 Å². The fourth-order valence-corrected chi connectivity index (χ4v) is 5.49. The zero-order valence-corrected chi connectivity index (χ0v) is 24.2. The van der Waals surface area contributed by atoms with Crippen LogP contribution in [0.4, 0.5) is 5.69 Å². The molecule has 0 saturated carbocycles. The third kappa shape index (κ3) is 6.47. The summed E-state index contributed by atoms with van der Waals surface area (Å²) in [6, 6.07) is 10.7. The second kappa shape index (κ2) is 12.4. The topological polar surface area (TPSA) is 118 Å². The number of ether oxygens (including phenoxy) is 3. The average Bonchev–Trinajstić information content (AvgIpc) is 3.35. The van der Waals surface area contributed by atoms with Gasteiger partial charge in [-0.15, -0.1) is 11.3 Å².